The average Bonchev–Trinajstić information content (AvgIpc) is 2.94. The van der Waals surface area contributed by atoms with E-state index in [1.54, 1.807) is 14.2 Å². The van der Waals surface area contributed by atoms with Crippen molar-refractivity contribution in [2.24, 2.45) is 0 Å². The first-order valence-corrected chi connectivity index (χ1v) is 7.60. The van der Waals surface area contributed by atoms with E-state index >= 15 is 0 Å². The van der Waals surface area contributed by atoms with E-state index in [9.17, 15) is 10.1 Å². The molecule has 0 amide bonds. The van der Waals surface area contributed by atoms with Crippen LogP contribution in [0.4, 0.5) is 0 Å². The van der Waals surface area contributed by atoms with Gasteiger partial charge in [0.15, 0.2) is 0 Å². The molecule has 0 saturated carbocycles. The Labute approximate surface area is 135 Å². The van der Waals surface area contributed by atoms with Crippen LogP contribution < -0.4 is 9.47 Å². The number of nitriles is 1. The van der Waals surface area contributed by atoms with Gasteiger partial charge in [-0.15, -0.1) is 0 Å². The summed E-state index contributed by atoms with van der Waals surface area (Å²) >= 11 is 0. The number of nitrogens with zero attached hydrogens (tertiary/aromatic N) is 1. The van der Waals surface area contributed by atoms with Crippen LogP contribution >= 0.6 is 0 Å². The lowest BCUT2D eigenvalue weighted by molar-refractivity contribution is -0.153. The number of esters is 1. The van der Waals surface area contributed by atoms with E-state index in [2.05, 4.69) is 12.1 Å². The lowest BCUT2D eigenvalue weighted by Crippen LogP contribution is -2.41. The molecule has 0 saturated heterocycles. The van der Waals surface area contributed by atoms with E-state index < -0.39 is 11.6 Å². The topological polar surface area (TPSA) is 68.6 Å². The predicted octanol–water partition coefficient (Wildman–Crippen LogP) is 2.89. The quantitative estimate of drug-likeness (QED) is 0.634. The van der Waals surface area contributed by atoms with Gasteiger partial charge in [0, 0.05) is 24.5 Å². The van der Waals surface area contributed by atoms with E-state index in [0.717, 1.165) is 22.4 Å². The minimum absolute atomic E-state index is 0.301. The maximum atomic E-state index is 11.6. The third kappa shape index (κ3) is 2.26. The molecule has 0 spiro atoms. The summed E-state index contributed by atoms with van der Waals surface area (Å²) in [4.78, 5) is 11.6. The van der Waals surface area contributed by atoms with E-state index in [-0.39, 0.29) is 5.92 Å². The van der Waals surface area contributed by atoms with Gasteiger partial charge in [0.1, 0.15) is 17.6 Å². The van der Waals surface area contributed by atoms with Gasteiger partial charge in [0.2, 0.25) is 5.60 Å². The van der Waals surface area contributed by atoms with Gasteiger partial charge in [-0.1, -0.05) is 11.6 Å². The Kier molecular flexibility index (Phi) is 3.77. The van der Waals surface area contributed by atoms with Crippen molar-refractivity contribution in [3.05, 3.63) is 34.9 Å². The molecule has 5 heteroatoms. The molecule has 0 heterocycles. The molecule has 1 aromatic carbocycles. The molecule has 0 aromatic heterocycles. The van der Waals surface area contributed by atoms with Crippen molar-refractivity contribution < 1.29 is 19.0 Å². The van der Waals surface area contributed by atoms with Crippen molar-refractivity contribution in [1.29, 1.82) is 5.26 Å². The number of hydrogen-bond acceptors (Lipinski definition) is 5. The fourth-order valence-electron chi connectivity index (χ4n) is 3.83. The Bertz CT molecular complexity index is 731. The predicted molar refractivity (Wildman–Crippen MR) is 83.4 cm³/mol. The van der Waals surface area contributed by atoms with E-state index in [0.29, 0.717) is 25.0 Å². The number of rotatable bonds is 3. The van der Waals surface area contributed by atoms with Gasteiger partial charge in [0.05, 0.1) is 20.1 Å². The van der Waals surface area contributed by atoms with Gasteiger partial charge in [0.25, 0.3) is 0 Å². The summed E-state index contributed by atoms with van der Waals surface area (Å²) in [5.41, 5.74) is 1.83. The standard InChI is InChI=1S/C18H19NO4/c1-11(20)23-18(10-19)8-4-5-12-9-13-14(21-2)6-7-15(22-3)16(13)17(12)18/h5-7,17H,4,8-9H2,1-3H3/t17-,18?/m0/s1. The number of carbonyl (C=O) groups excluding carboxylic acids is 1. The molecule has 0 fully saturated rings. The molecule has 2 aliphatic carbocycles. The average molecular weight is 313 g/mol. The van der Waals surface area contributed by atoms with Crippen LogP contribution in [0.5, 0.6) is 11.5 Å². The second kappa shape index (κ2) is 5.62. The Morgan fingerprint density at radius 1 is 1.30 bits per heavy atom. The first-order chi connectivity index (χ1) is 11.1. The number of carbonyl (C=O) groups is 1. The van der Waals surface area contributed by atoms with Crippen LogP contribution in [-0.4, -0.2) is 25.8 Å². The van der Waals surface area contributed by atoms with Crippen LogP contribution in [0.3, 0.4) is 0 Å². The maximum Gasteiger partial charge on any atom is 0.304 e. The summed E-state index contributed by atoms with van der Waals surface area (Å²) in [6.07, 6.45) is 4.02. The number of benzene rings is 1. The van der Waals surface area contributed by atoms with Crippen LogP contribution in [-0.2, 0) is 16.0 Å². The number of allylic oxidation sites excluding steroid dienone is 1. The van der Waals surface area contributed by atoms with Crippen molar-refractivity contribution in [2.75, 3.05) is 14.2 Å². The lowest BCUT2D eigenvalue weighted by Gasteiger charge is -2.36. The molecule has 2 aliphatic rings. The van der Waals surface area contributed by atoms with Crippen LogP contribution in [0, 0.1) is 11.3 Å². The van der Waals surface area contributed by atoms with Gasteiger partial charge in [-0.2, -0.15) is 5.26 Å². The first kappa shape index (κ1) is 15.4. The highest BCUT2D eigenvalue weighted by Gasteiger charge is 2.51. The van der Waals surface area contributed by atoms with Crippen LogP contribution in [0.25, 0.3) is 0 Å². The maximum absolute atomic E-state index is 11.6. The molecule has 3 rings (SSSR count). The zero-order valence-electron chi connectivity index (χ0n) is 13.5. The van der Waals surface area contributed by atoms with Gasteiger partial charge in [-0.3, -0.25) is 4.79 Å². The summed E-state index contributed by atoms with van der Waals surface area (Å²) in [6.45, 7) is 1.34. The molecule has 120 valence electrons. The van der Waals surface area contributed by atoms with Crippen molar-refractivity contribution in [3.63, 3.8) is 0 Å². The minimum atomic E-state index is -1.18. The van der Waals surface area contributed by atoms with Crippen molar-refractivity contribution >= 4 is 5.97 Å². The monoisotopic (exact) mass is 313 g/mol. The molecule has 0 N–H and O–H groups in total. The van der Waals surface area contributed by atoms with Gasteiger partial charge < -0.3 is 14.2 Å². The van der Waals surface area contributed by atoms with Gasteiger partial charge in [-0.25, -0.2) is 0 Å². The van der Waals surface area contributed by atoms with Crippen molar-refractivity contribution in [2.45, 2.75) is 37.7 Å². The largest absolute Gasteiger partial charge is 0.496 e. The molecule has 0 aliphatic heterocycles. The fourth-order valence-corrected chi connectivity index (χ4v) is 3.83. The zero-order valence-corrected chi connectivity index (χ0v) is 13.5. The first-order valence-electron chi connectivity index (χ1n) is 7.60. The zero-order chi connectivity index (χ0) is 16.6. The third-order valence-electron chi connectivity index (χ3n) is 4.66. The molecule has 0 bridgehead atoms. The lowest BCUT2D eigenvalue weighted by atomic mass is 9.74. The van der Waals surface area contributed by atoms with Crippen LogP contribution in [0.2, 0.25) is 0 Å². The SMILES string of the molecule is COc1ccc(OC)c2c1CC1=CCCC(C#N)(OC(C)=O)[C@@H]12. The highest BCUT2D eigenvalue weighted by Crippen LogP contribution is 2.55. The molecule has 1 aromatic rings. The Hall–Kier alpha value is -2.48. The summed E-state index contributed by atoms with van der Waals surface area (Å²) in [6, 6.07) is 5.98. The third-order valence-corrected chi connectivity index (χ3v) is 4.66. The fraction of sp³-hybridized carbons (Fsp3) is 0.444. The number of hydrogen-bond donors (Lipinski definition) is 0. The second-order valence-electron chi connectivity index (χ2n) is 5.88. The van der Waals surface area contributed by atoms with E-state index in [1.165, 1.54) is 6.92 Å². The summed E-state index contributed by atoms with van der Waals surface area (Å²) in [7, 11) is 3.23. The Morgan fingerprint density at radius 2 is 2.00 bits per heavy atom. The summed E-state index contributed by atoms with van der Waals surface area (Å²) < 4.78 is 16.5. The summed E-state index contributed by atoms with van der Waals surface area (Å²) in [5.74, 6) is 0.724. The normalized spacial score (nSPS) is 24.8. The molecular formula is C18H19NO4. The highest BCUT2D eigenvalue weighted by atomic mass is 16.6. The van der Waals surface area contributed by atoms with Crippen LogP contribution in [0.1, 0.15) is 36.8 Å². The van der Waals surface area contributed by atoms with E-state index in [1.807, 2.05) is 12.1 Å². The molecule has 2 atom stereocenters. The summed E-state index contributed by atoms with van der Waals surface area (Å²) in [5, 5.41) is 9.83. The smallest absolute Gasteiger partial charge is 0.304 e. The Morgan fingerprint density at radius 3 is 2.61 bits per heavy atom. The molecule has 23 heavy (non-hydrogen) atoms. The molecule has 5 nitrogen and oxygen atoms in total. The van der Waals surface area contributed by atoms with Crippen LogP contribution in [0.15, 0.2) is 23.8 Å². The highest BCUT2D eigenvalue weighted by molar-refractivity contribution is 5.69. The molecular weight excluding hydrogens is 294 g/mol. The Balaban J connectivity index is 2.22. The minimum Gasteiger partial charge on any atom is -0.496 e. The molecule has 1 unspecified atom stereocenters. The molecule has 0 radical (unpaired) electrons. The van der Waals surface area contributed by atoms with Gasteiger partial charge in [-0.05, 0) is 25.0 Å². The van der Waals surface area contributed by atoms with E-state index in [4.69, 9.17) is 14.2 Å². The number of ether oxygens (including phenoxy) is 3. The van der Waals surface area contributed by atoms with Gasteiger partial charge >= 0.3 is 5.97 Å². The second-order valence-corrected chi connectivity index (χ2v) is 5.88. The number of methoxy groups -OCH3 is 2. The van der Waals surface area contributed by atoms with Crippen molar-refractivity contribution in [1.82, 2.24) is 0 Å². The number of fused-ring (bicyclic) bond motifs is 3. The van der Waals surface area contributed by atoms with Crippen molar-refractivity contribution in [3.8, 4) is 17.6 Å².